The summed E-state index contributed by atoms with van der Waals surface area (Å²) in [5.41, 5.74) is 0. The molecule has 18 heavy (non-hydrogen) atoms. The molecular formula is C14H22N2O2. The van der Waals surface area contributed by atoms with Gasteiger partial charge in [-0.05, 0) is 39.7 Å². The number of ether oxygens (including phenoxy) is 2. The second-order valence-corrected chi connectivity index (χ2v) is 5.12. The van der Waals surface area contributed by atoms with E-state index in [1.165, 1.54) is 0 Å². The van der Waals surface area contributed by atoms with Crippen molar-refractivity contribution < 1.29 is 9.47 Å². The van der Waals surface area contributed by atoms with Gasteiger partial charge in [-0.1, -0.05) is 0 Å². The van der Waals surface area contributed by atoms with Gasteiger partial charge in [-0.25, -0.2) is 4.98 Å². The van der Waals surface area contributed by atoms with E-state index >= 15 is 0 Å². The standard InChI is InChI=1S/C14H22N2O2/c1-10(2)17-12-6-7-15-14(8-12)18-13-5-4-11(3)16-9-13/h6-8,10-11,13,16H,4-5,9H2,1-3H3. The molecule has 1 saturated heterocycles. The van der Waals surface area contributed by atoms with E-state index in [-0.39, 0.29) is 12.2 Å². The number of nitrogens with one attached hydrogen (secondary N) is 1. The van der Waals surface area contributed by atoms with Gasteiger partial charge in [-0.15, -0.1) is 0 Å². The smallest absolute Gasteiger partial charge is 0.217 e. The second-order valence-electron chi connectivity index (χ2n) is 5.12. The molecule has 1 aliphatic heterocycles. The van der Waals surface area contributed by atoms with Crippen molar-refractivity contribution in [3.05, 3.63) is 18.3 Å². The van der Waals surface area contributed by atoms with Gasteiger partial charge in [0.2, 0.25) is 5.88 Å². The summed E-state index contributed by atoms with van der Waals surface area (Å²) in [7, 11) is 0. The lowest BCUT2D eigenvalue weighted by molar-refractivity contribution is 0.145. The van der Waals surface area contributed by atoms with Crippen LogP contribution in [0.5, 0.6) is 11.6 Å². The third kappa shape index (κ3) is 3.88. The molecule has 1 N–H and O–H groups in total. The molecule has 2 heterocycles. The normalized spacial score (nSPS) is 24.0. The molecule has 4 nitrogen and oxygen atoms in total. The van der Waals surface area contributed by atoms with E-state index in [4.69, 9.17) is 9.47 Å². The summed E-state index contributed by atoms with van der Waals surface area (Å²) in [6, 6.07) is 4.31. The third-order valence-corrected chi connectivity index (χ3v) is 2.98. The molecule has 1 aromatic heterocycles. The zero-order valence-corrected chi connectivity index (χ0v) is 11.3. The number of nitrogens with zero attached hydrogens (tertiary/aromatic N) is 1. The summed E-state index contributed by atoms with van der Waals surface area (Å²) in [4.78, 5) is 4.23. The molecule has 0 aromatic carbocycles. The Morgan fingerprint density at radius 3 is 2.89 bits per heavy atom. The Bertz CT molecular complexity index is 374. The fourth-order valence-electron chi connectivity index (χ4n) is 2.05. The Hall–Kier alpha value is -1.29. The van der Waals surface area contributed by atoms with Gasteiger partial charge in [-0.3, -0.25) is 0 Å². The molecule has 4 heteroatoms. The van der Waals surface area contributed by atoms with Gasteiger partial charge in [0.15, 0.2) is 0 Å². The first-order valence-electron chi connectivity index (χ1n) is 6.66. The van der Waals surface area contributed by atoms with Gasteiger partial charge in [0.05, 0.1) is 6.10 Å². The summed E-state index contributed by atoms with van der Waals surface area (Å²) in [5.74, 6) is 1.46. The number of pyridine rings is 1. The van der Waals surface area contributed by atoms with Crippen LogP contribution < -0.4 is 14.8 Å². The molecule has 1 aliphatic rings. The molecule has 1 fully saturated rings. The van der Waals surface area contributed by atoms with Crippen molar-refractivity contribution in [1.82, 2.24) is 10.3 Å². The van der Waals surface area contributed by atoms with Crippen molar-refractivity contribution in [3.63, 3.8) is 0 Å². The summed E-state index contributed by atoms with van der Waals surface area (Å²) < 4.78 is 11.5. The van der Waals surface area contributed by atoms with Crippen molar-refractivity contribution >= 4 is 0 Å². The largest absolute Gasteiger partial charge is 0.491 e. The topological polar surface area (TPSA) is 43.4 Å². The number of rotatable bonds is 4. The van der Waals surface area contributed by atoms with E-state index in [0.29, 0.717) is 11.9 Å². The quantitative estimate of drug-likeness (QED) is 0.891. The second kappa shape index (κ2) is 6.05. The zero-order chi connectivity index (χ0) is 13.0. The van der Waals surface area contributed by atoms with Crippen LogP contribution in [-0.2, 0) is 0 Å². The van der Waals surface area contributed by atoms with Crippen molar-refractivity contribution in [2.24, 2.45) is 0 Å². The third-order valence-electron chi connectivity index (χ3n) is 2.98. The average Bonchev–Trinajstić information content (AvgIpc) is 2.32. The summed E-state index contributed by atoms with van der Waals surface area (Å²) in [6.07, 6.45) is 4.32. The molecule has 0 spiro atoms. The Morgan fingerprint density at radius 1 is 1.39 bits per heavy atom. The highest BCUT2D eigenvalue weighted by molar-refractivity contribution is 5.26. The predicted molar refractivity (Wildman–Crippen MR) is 71.1 cm³/mol. The number of aromatic nitrogens is 1. The highest BCUT2D eigenvalue weighted by atomic mass is 16.5. The van der Waals surface area contributed by atoms with E-state index in [9.17, 15) is 0 Å². The number of hydrogen-bond donors (Lipinski definition) is 1. The fraction of sp³-hybridized carbons (Fsp3) is 0.643. The maximum Gasteiger partial charge on any atom is 0.217 e. The van der Waals surface area contributed by atoms with E-state index < -0.39 is 0 Å². The molecule has 2 atom stereocenters. The molecule has 1 aromatic rings. The van der Waals surface area contributed by atoms with Crippen LogP contribution >= 0.6 is 0 Å². The Kier molecular flexibility index (Phi) is 4.42. The van der Waals surface area contributed by atoms with Gasteiger partial charge < -0.3 is 14.8 Å². The summed E-state index contributed by atoms with van der Waals surface area (Å²) >= 11 is 0. The van der Waals surface area contributed by atoms with Crippen LogP contribution in [0.1, 0.15) is 33.6 Å². The van der Waals surface area contributed by atoms with Crippen LogP contribution in [-0.4, -0.2) is 29.8 Å². The first kappa shape index (κ1) is 13.1. The van der Waals surface area contributed by atoms with E-state index in [1.54, 1.807) is 6.20 Å². The summed E-state index contributed by atoms with van der Waals surface area (Å²) in [5, 5.41) is 3.42. The zero-order valence-electron chi connectivity index (χ0n) is 11.3. The van der Waals surface area contributed by atoms with Gasteiger partial charge in [0.1, 0.15) is 11.9 Å². The van der Waals surface area contributed by atoms with E-state index in [0.717, 1.165) is 25.1 Å². The van der Waals surface area contributed by atoms with Crippen LogP contribution in [0.2, 0.25) is 0 Å². The highest BCUT2D eigenvalue weighted by Gasteiger charge is 2.19. The lowest BCUT2D eigenvalue weighted by Crippen LogP contribution is -2.42. The Labute approximate surface area is 109 Å². The van der Waals surface area contributed by atoms with Crippen LogP contribution in [0.15, 0.2) is 18.3 Å². The minimum Gasteiger partial charge on any atom is -0.491 e. The van der Waals surface area contributed by atoms with Crippen molar-refractivity contribution in [2.75, 3.05) is 6.54 Å². The van der Waals surface area contributed by atoms with Crippen LogP contribution in [0.25, 0.3) is 0 Å². The van der Waals surface area contributed by atoms with Gasteiger partial charge in [0.25, 0.3) is 0 Å². The Balaban J connectivity index is 1.92. The van der Waals surface area contributed by atoms with Crippen molar-refractivity contribution in [1.29, 1.82) is 0 Å². The molecule has 2 unspecified atom stereocenters. The van der Waals surface area contributed by atoms with Crippen molar-refractivity contribution in [2.45, 2.75) is 51.9 Å². The molecule has 0 aliphatic carbocycles. The van der Waals surface area contributed by atoms with Gasteiger partial charge in [-0.2, -0.15) is 0 Å². The van der Waals surface area contributed by atoms with Crippen LogP contribution in [0.4, 0.5) is 0 Å². The summed E-state index contributed by atoms with van der Waals surface area (Å²) in [6.45, 7) is 7.10. The van der Waals surface area contributed by atoms with E-state index in [1.807, 2.05) is 26.0 Å². The minimum atomic E-state index is 0.164. The van der Waals surface area contributed by atoms with Crippen LogP contribution in [0.3, 0.4) is 0 Å². The maximum absolute atomic E-state index is 5.87. The highest BCUT2D eigenvalue weighted by Crippen LogP contribution is 2.20. The first-order valence-corrected chi connectivity index (χ1v) is 6.66. The SMILES string of the molecule is CC1CCC(Oc2cc(OC(C)C)ccn2)CN1. The number of piperidine rings is 1. The monoisotopic (exact) mass is 250 g/mol. The number of hydrogen-bond acceptors (Lipinski definition) is 4. The Morgan fingerprint density at radius 2 is 2.22 bits per heavy atom. The molecule has 100 valence electrons. The molecule has 0 bridgehead atoms. The lowest BCUT2D eigenvalue weighted by atomic mass is 10.0. The van der Waals surface area contributed by atoms with Crippen LogP contribution in [0, 0.1) is 0 Å². The molecule has 2 rings (SSSR count). The lowest BCUT2D eigenvalue weighted by Gasteiger charge is -2.27. The molecule has 0 radical (unpaired) electrons. The van der Waals surface area contributed by atoms with Gasteiger partial charge in [0, 0.05) is 24.8 Å². The minimum absolute atomic E-state index is 0.164. The molecule has 0 saturated carbocycles. The predicted octanol–water partition coefficient (Wildman–Crippen LogP) is 2.39. The fourth-order valence-corrected chi connectivity index (χ4v) is 2.05. The van der Waals surface area contributed by atoms with Crippen molar-refractivity contribution in [3.8, 4) is 11.6 Å². The van der Waals surface area contributed by atoms with Gasteiger partial charge >= 0.3 is 0 Å². The molecule has 0 amide bonds. The maximum atomic E-state index is 5.87. The molecular weight excluding hydrogens is 228 g/mol. The average molecular weight is 250 g/mol. The first-order chi connectivity index (χ1) is 8.63. The van der Waals surface area contributed by atoms with E-state index in [2.05, 4.69) is 17.2 Å².